The van der Waals surface area contributed by atoms with E-state index in [9.17, 15) is 4.79 Å². The highest BCUT2D eigenvalue weighted by Crippen LogP contribution is 2.32. The molecule has 1 amide bonds. The van der Waals surface area contributed by atoms with Gasteiger partial charge in [0.1, 0.15) is 6.61 Å². The van der Waals surface area contributed by atoms with Crippen molar-refractivity contribution in [2.45, 2.75) is 20.0 Å². The van der Waals surface area contributed by atoms with Gasteiger partial charge < -0.3 is 24.3 Å². The van der Waals surface area contributed by atoms with Crippen molar-refractivity contribution in [1.82, 2.24) is 0 Å². The number of carbonyl (C=O) groups excluding carboxylic acids is 1. The van der Waals surface area contributed by atoms with Crippen LogP contribution < -0.4 is 24.3 Å². The Balaban J connectivity index is 1.70. The molecule has 1 atom stereocenters. The molecule has 3 rings (SSSR count). The lowest BCUT2D eigenvalue weighted by molar-refractivity contribution is -0.125. The highest BCUT2D eigenvalue weighted by molar-refractivity contribution is 5.95. The van der Waals surface area contributed by atoms with Gasteiger partial charge >= 0.3 is 0 Å². The van der Waals surface area contributed by atoms with Crippen LogP contribution in [0.5, 0.6) is 23.0 Å². The molecule has 0 radical (unpaired) electrons. The number of hydrogen-bond acceptors (Lipinski definition) is 5. The predicted octanol–water partition coefficient (Wildman–Crippen LogP) is 3.26. The van der Waals surface area contributed by atoms with Crippen LogP contribution in [0, 0.1) is 0 Å². The maximum absolute atomic E-state index is 12.5. The van der Waals surface area contributed by atoms with Gasteiger partial charge in [0.25, 0.3) is 5.91 Å². The number of ether oxygens (including phenoxy) is 4. The summed E-state index contributed by atoms with van der Waals surface area (Å²) in [7, 11) is 0. The standard InChI is InChI=1S/C19H21NO5/c1-3-22-15-10-9-13(11-17(15)23-4-2)20-19(21)18-12-24-14-7-5-6-8-16(14)25-18/h5-11,18H,3-4,12H2,1-2H3,(H,20,21)/t18-/m1/s1. The topological polar surface area (TPSA) is 66.0 Å². The van der Waals surface area contributed by atoms with E-state index in [1.54, 1.807) is 24.3 Å². The van der Waals surface area contributed by atoms with Gasteiger partial charge in [-0.25, -0.2) is 0 Å². The Morgan fingerprint density at radius 3 is 2.56 bits per heavy atom. The van der Waals surface area contributed by atoms with Gasteiger partial charge in [-0.1, -0.05) is 12.1 Å². The third-order valence-electron chi connectivity index (χ3n) is 3.61. The van der Waals surface area contributed by atoms with Crippen molar-refractivity contribution in [3.63, 3.8) is 0 Å². The van der Waals surface area contributed by atoms with E-state index < -0.39 is 6.10 Å². The van der Waals surface area contributed by atoms with Gasteiger partial charge in [0.15, 0.2) is 23.0 Å². The lowest BCUT2D eigenvalue weighted by Gasteiger charge is -2.25. The Bertz CT molecular complexity index is 746. The molecule has 1 heterocycles. The maximum Gasteiger partial charge on any atom is 0.269 e. The zero-order valence-corrected chi connectivity index (χ0v) is 14.3. The van der Waals surface area contributed by atoms with Crippen LogP contribution in [0.15, 0.2) is 42.5 Å². The summed E-state index contributed by atoms with van der Waals surface area (Å²) in [6.07, 6.45) is -0.711. The average molecular weight is 343 g/mol. The van der Waals surface area contributed by atoms with E-state index in [1.807, 2.05) is 32.0 Å². The van der Waals surface area contributed by atoms with E-state index in [0.29, 0.717) is 41.9 Å². The fourth-order valence-corrected chi connectivity index (χ4v) is 2.50. The first kappa shape index (κ1) is 17.0. The molecule has 1 aliphatic rings. The molecule has 0 aliphatic carbocycles. The molecule has 0 fully saturated rings. The summed E-state index contributed by atoms with van der Waals surface area (Å²) in [5.41, 5.74) is 0.611. The third kappa shape index (κ3) is 3.96. The molecule has 0 unspecified atom stereocenters. The molecule has 6 heteroatoms. The minimum atomic E-state index is -0.711. The first-order valence-electron chi connectivity index (χ1n) is 8.30. The van der Waals surface area contributed by atoms with Crippen molar-refractivity contribution in [3.8, 4) is 23.0 Å². The molecule has 25 heavy (non-hydrogen) atoms. The summed E-state index contributed by atoms with van der Waals surface area (Å²) in [6.45, 7) is 5.01. The fraction of sp³-hybridized carbons (Fsp3) is 0.316. The molecule has 1 aliphatic heterocycles. The normalized spacial score (nSPS) is 15.4. The van der Waals surface area contributed by atoms with Crippen LogP contribution in [0.3, 0.4) is 0 Å². The molecule has 2 aromatic carbocycles. The monoisotopic (exact) mass is 343 g/mol. The van der Waals surface area contributed by atoms with Crippen molar-refractivity contribution < 1.29 is 23.7 Å². The SMILES string of the molecule is CCOc1ccc(NC(=O)[C@H]2COc3ccccc3O2)cc1OCC. The van der Waals surface area contributed by atoms with Gasteiger partial charge in [0, 0.05) is 11.8 Å². The Morgan fingerprint density at radius 2 is 1.80 bits per heavy atom. The number of para-hydroxylation sites is 2. The van der Waals surface area contributed by atoms with Crippen LogP contribution in [0.25, 0.3) is 0 Å². The molecule has 0 saturated heterocycles. The van der Waals surface area contributed by atoms with Gasteiger partial charge in [0.05, 0.1) is 13.2 Å². The second-order valence-electron chi connectivity index (χ2n) is 5.38. The van der Waals surface area contributed by atoms with Crippen LogP contribution in [0.4, 0.5) is 5.69 Å². The maximum atomic E-state index is 12.5. The van der Waals surface area contributed by atoms with Crippen molar-refractivity contribution in [2.24, 2.45) is 0 Å². The van der Waals surface area contributed by atoms with Crippen LogP contribution in [0.2, 0.25) is 0 Å². The number of anilines is 1. The van der Waals surface area contributed by atoms with Crippen LogP contribution in [-0.4, -0.2) is 31.8 Å². The Hall–Kier alpha value is -2.89. The molecule has 2 aromatic rings. The Kier molecular flexibility index (Phi) is 5.28. The van der Waals surface area contributed by atoms with Crippen LogP contribution in [-0.2, 0) is 4.79 Å². The molecule has 6 nitrogen and oxygen atoms in total. The summed E-state index contributed by atoms with van der Waals surface area (Å²) in [6, 6.07) is 12.6. The third-order valence-corrected chi connectivity index (χ3v) is 3.61. The lowest BCUT2D eigenvalue weighted by atomic mass is 10.2. The summed E-state index contributed by atoms with van der Waals surface area (Å²) in [5, 5.41) is 2.83. The van der Waals surface area contributed by atoms with Gasteiger partial charge in [-0.15, -0.1) is 0 Å². The second-order valence-corrected chi connectivity index (χ2v) is 5.38. The Morgan fingerprint density at radius 1 is 1.08 bits per heavy atom. The number of hydrogen-bond donors (Lipinski definition) is 1. The van der Waals surface area contributed by atoms with E-state index in [4.69, 9.17) is 18.9 Å². The van der Waals surface area contributed by atoms with Crippen molar-refractivity contribution in [3.05, 3.63) is 42.5 Å². The van der Waals surface area contributed by atoms with E-state index in [1.165, 1.54) is 0 Å². The number of fused-ring (bicyclic) bond motifs is 1. The fourth-order valence-electron chi connectivity index (χ4n) is 2.50. The number of amides is 1. The minimum absolute atomic E-state index is 0.165. The van der Waals surface area contributed by atoms with Crippen molar-refractivity contribution in [2.75, 3.05) is 25.1 Å². The van der Waals surface area contributed by atoms with E-state index in [2.05, 4.69) is 5.32 Å². The van der Waals surface area contributed by atoms with E-state index in [0.717, 1.165) is 0 Å². The largest absolute Gasteiger partial charge is 0.490 e. The number of carbonyl (C=O) groups is 1. The Labute approximate surface area is 146 Å². The number of benzene rings is 2. The lowest BCUT2D eigenvalue weighted by Crippen LogP contribution is -2.40. The highest BCUT2D eigenvalue weighted by atomic mass is 16.6. The average Bonchev–Trinajstić information content (AvgIpc) is 2.64. The zero-order valence-electron chi connectivity index (χ0n) is 14.3. The molecular weight excluding hydrogens is 322 g/mol. The molecule has 132 valence electrons. The first-order chi connectivity index (χ1) is 12.2. The minimum Gasteiger partial charge on any atom is -0.490 e. The first-order valence-corrected chi connectivity index (χ1v) is 8.30. The number of nitrogens with one attached hydrogen (secondary N) is 1. The van der Waals surface area contributed by atoms with Crippen LogP contribution >= 0.6 is 0 Å². The predicted molar refractivity (Wildman–Crippen MR) is 93.8 cm³/mol. The summed E-state index contributed by atoms with van der Waals surface area (Å²) in [5.74, 6) is 2.17. The smallest absolute Gasteiger partial charge is 0.269 e. The summed E-state index contributed by atoms with van der Waals surface area (Å²) >= 11 is 0. The molecule has 0 aromatic heterocycles. The molecule has 0 spiro atoms. The van der Waals surface area contributed by atoms with E-state index >= 15 is 0 Å². The van der Waals surface area contributed by atoms with Gasteiger partial charge in [-0.05, 0) is 38.1 Å². The molecular formula is C19H21NO5. The van der Waals surface area contributed by atoms with Gasteiger partial charge in [-0.2, -0.15) is 0 Å². The van der Waals surface area contributed by atoms with Gasteiger partial charge in [-0.3, -0.25) is 4.79 Å². The molecule has 0 saturated carbocycles. The van der Waals surface area contributed by atoms with Crippen LogP contribution in [0.1, 0.15) is 13.8 Å². The summed E-state index contributed by atoms with van der Waals surface area (Å²) < 4.78 is 22.4. The zero-order chi connectivity index (χ0) is 17.6. The quantitative estimate of drug-likeness (QED) is 0.872. The second kappa shape index (κ2) is 7.79. The van der Waals surface area contributed by atoms with Gasteiger partial charge in [0.2, 0.25) is 6.10 Å². The van der Waals surface area contributed by atoms with Crippen molar-refractivity contribution >= 4 is 11.6 Å². The summed E-state index contributed by atoms with van der Waals surface area (Å²) in [4.78, 5) is 12.5. The highest BCUT2D eigenvalue weighted by Gasteiger charge is 2.27. The molecule has 0 bridgehead atoms. The van der Waals surface area contributed by atoms with E-state index in [-0.39, 0.29) is 12.5 Å². The molecule has 1 N–H and O–H groups in total. The number of rotatable bonds is 6. The van der Waals surface area contributed by atoms with Crippen molar-refractivity contribution in [1.29, 1.82) is 0 Å².